The second-order valence-corrected chi connectivity index (χ2v) is 28.2. The van der Waals surface area contributed by atoms with Crippen LogP contribution in [0.5, 0.6) is 23.0 Å². The van der Waals surface area contributed by atoms with Crippen LogP contribution < -0.4 is 61.9 Å². The monoisotopic (exact) mass is 1170 g/mol. The summed E-state index contributed by atoms with van der Waals surface area (Å²) in [6.07, 6.45) is 4.50. The van der Waals surface area contributed by atoms with Crippen molar-refractivity contribution in [2.24, 2.45) is 0 Å². The van der Waals surface area contributed by atoms with Crippen molar-refractivity contribution in [2.45, 2.75) is 103 Å². The van der Waals surface area contributed by atoms with Gasteiger partial charge in [-0.05, 0) is 176 Å². The lowest BCUT2D eigenvalue weighted by atomic mass is 9.31. The quantitative estimate of drug-likeness (QED) is 0.140. The molecule has 17 rings (SSSR count). The first-order valence-electron chi connectivity index (χ1n) is 32.1. The second-order valence-electron chi connectivity index (χ2n) is 28.2. The molecule has 0 bridgehead atoms. The summed E-state index contributed by atoms with van der Waals surface area (Å²) in [5.41, 5.74) is 20.5. The molecular formula is C80H70B2N6O2. The fourth-order valence-corrected chi connectivity index (χ4v) is 15.9. The number of hydrogen-bond acceptors (Lipinski definition) is 8. The highest BCUT2D eigenvalue weighted by Crippen LogP contribution is 2.52. The van der Waals surface area contributed by atoms with Crippen molar-refractivity contribution in [2.75, 3.05) is 19.6 Å². The number of hydrogen-bond donors (Lipinski definition) is 0. The van der Waals surface area contributed by atoms with Gasteiger partial charge in [0, 0.05) is 74.6 Å². The molecule has 11 aromatic rings. The normalized spacial score (nSPS) is 16.7. The smallest absolute Gasteiger partial charge is 0.258 e. The maximum atomic E-state index is 7.59. The largest absolute Gasteiger partial charge is 0.458 e. The van der Waals surface area contributed by atoms with E-state index in [4.69, 9.17) is 19.4 Å². The predicted octanol–water partition coefficient (Wildman–Crippen LogP) is 16.9. The number of para-hydroxylation sites is 6. The van der Waals surface area contributed by atoms with Crippen molar-refractivity contribution < 1.29 is 9.47 Å². The minimum Gasteiger partial charge on any atom is -0.458 e. The molecule has 0 spiro atoms. The molecule has 0 N–H and O–H groups in total. The lowest BCUT2D eigenvalue weighted by Crippen LogP contribution is -2.63. The molecule has 90 heavy (non-hydrogen) atoms. The van der Waals surface area contributed by atoms with E-state index in [-0.39, 0.29) is 35.1 Å². The van der Waals surface area contributed by atoms with E-state index in [0.29, 0.717) is 0 Å². The lowest BCUT2D eigenvalue weighted by Gasteiger charge is -2.43. The highest BCUT2D eigenvalue weighted by atomic mass is 16.5. The maximum Gasteiger partial charge on any atom is 0.258 e. The van der Waals surface area contributed by atoms with Crippen LogP contribution in [0.2, 0.25) is 0 Å². The van der Waals surface area contributed by atoms with E-state index in [2.05, 4.69) is 306 Å². The van der Waals surface area contributed by atoms with Crippen molar-refractivity contribution in [3.63, 3.8) is 0 Å². The lowest BCUT2D eigenvalue weighted by molar-refractivity contribution is 0.332. The molecule has 0 fully saturated rings. The van der Waals surface area contributed by atoms with Crippen molar-refractivity contribution in [1.82, 2.24) is 9.97 Å². The van der Waals surface area contributed by atoms with Crippen molar-refractivity contribution in [1.29, 1.82) is 0 Å². The van der Waals surface area contributed by atoms with E-state index in [1.165, 1.54) is 33.2 Å². The third kappa shape index (κ3) is 8.36. The molecule has 2 aliphatic carbocycles. The van der Waals surface area contributed by atoms with Gasteiger partial charge in [0.2, 0.25) is 0 Å². The minimum absolute atomic E-state index is 0.00744. The zero-order valence-electron chi connectivity index (χ0n) is 52.4. The van der Waals surface area contributed by atoms with Gasteiger partial charge in [-0.2, -0.15) is 0 Å². The maximum absolute atomic E-state index is 7.59. The molecule has 0 radical (unpaired) electrons. The number of aromatic nitrogens is 2. The Hall–Kier alpha value is -9.79. The Morgan fingerprint density at radius 1 is 0.333 bits per heavy atom. The molecule has 6 aliphatic rings. The Balaban J connectivity index is 0.882. The summed E-state index contributed by atoms with van der Waals surface area (Å²) in [5.74, 6) is 6.19. The van der Waals surface area contributed by atoms with Gasteiger partial charge in [-0.15, -0.1) is 0 Å². The van der Waals surface area contributed by atoms with Crippen LogP contribution in [-0.4, -0.2) is 23.4 Å². The van der Waals surface area contributed by atoms with Gasteiger partial charge in [-0.25, -0.2) is 9.97 Å². The van der Waals surface area contributed by atoms with Gasteiger partial charge in [0.25, 0.3) is 13.4 Å². The van der Waals surface area contributed by atoms with E-state index in [1.54, 1.807) is 0 Å². The number of anilines is 12. The number of nitrogens with zero attached hydrogens (tertiary/aromatic N) is 6. The van der Waals surface area contributed by atoms with Gasteiger partial charge in [-0.1, -0.05) is 183 Å². The van der Waals surface area contributed by atoms with E-state index in [0.717, 1.165) is 139 Å². The Kier molecular flexibility index (Phi) is 12.0. The number of benzene rings is 9. The summed E-state index contributed by atoms with van der Waals surface area (Å²) in [6, 6.07) is 83.7. The molecule has 4 aliphatic heterocycles. The van der Waals surface area contributed by atoms with Crippen LogP contribution in [0.25, 0.3) is 0 Å². The van der Waals surface area contributed by atoms with Crippen molar-refractivity contribution in [3.05, 3.63) is 253 Å². The Labute approximate surface area is 529 Å². The zero-order chi connectivity index (χ0) is 61.0. The Morgan fingerprint density at radius 3 is 1.09 bits per heavy atom. The number of ether oxygens (including phenoxy) is 2. The molecule has 438 valence electrons. The molecule has 0 unspecified atom stereocenters. The summed E-state index contributed by atoms with van der Waals surface area (Å²) in [5, 5.41) is 0. The zero-order valence-corrected chi connectivity index (χ0v) is 52.4. The first-order valence-corrected chi connectivity index (χ1v) is 32.1. The number of pyridine rings is 2. The van der Waals surface area contributed by atoms with Gasteiger partial charge < -0.3 is 9.47 Å². The second kappa shape index (κ2) is 19.9. The summed E-state index contributed by atoms with van der Waals surface area (Å²) in [4.78, 5) is 21.2. The highest BCUT2D eigenvalue weighted by Gasteiger charge is 2.49. The third-order valence-electron chi connectivity index (χ3n) is 20.9. The SMILES string of the molecule is CC1(C)CCC(C)(C)c2cc(N(c3ccccc3)c3cc4c5c(n3)N(c3ccccc3)c3ccccc3B5c3cc5c(cc3O4)Oc3cc(N(c4ccccc4)c4ccc6c(c4)C(C)(C)CCC6(C)C)nc4c3B5c3ccccc3N4c3ccccc3)ccc21. The molecule has 0 amide bonds. The molecule has 6 heterocycles. The molecule has 10 heteroatoms. The molecule has 2 aromatic heterocycles. The van der Waals surface area contributed by atoms with Crippen molar-refractivity contribution >= 4 is 115 Å². The van der Waals surface area contributed by atoms with Crippen LogP contribution in [0.15, 0.2) is 231 Å². The predicted molar refractivity (Wildman–Crippen MR) is 374 cm³/mol. The first kappa shape index (κ1) is 54.4. The molecule has 0 saturated heterocycles. The fraction of sp³-hybridized carbons (Fsp3) is 0.200. The van der Waals surface area contributed by atoms with Crippen LogP contribution >= 0.6 is 0 Å². The van der Waals surface area contributed by atoms with E-state index < -0.39 is 0 Å². The van der Waals surface area contributed by atoms with E-state index >= 15 is 0 Å². The van der Waals surface area contributed by atoms with Gasteiger partial charge in [0.05, 0.1) is 0 Å². The number of fused-ring (bicyclic) bond motifs is 10. The van der Waals surface area contributed by atoms with Gasteiger partial charge in [0.1, 0.15) is 46.3 Å². The number of rotatable bonds is 8. The average Bonchev–Trinajstić information content (AvgIpc) is 0.827. The molecule has 0 atom stereocenters. The summed E-state index contributed by atoms with van der Waals surface area (Å²) < 4.78 is 15.2. The van der Waals surface area contributed by atoms with Crippen LogP contribution in [0, 0.1) is 0 Å². The molecular weight excluding hydrogens is 1100 g/mol. The topological polar surface area (TPSA) is 57.2 Å². The van der Waals surface area contributed by atoms with Crippen LogP contribution in [0.3, 0.4) is 0 Å². The van der Waals surface area contributed by atoms with E-state index in [9.17, 15) is 0 Å². The third-order valence-corrected chi connectivity index (χ3v) is 20.9. The molecule has 9 aromatic carbocycles. The highest BCUT2D eigenvalue weighted by molar-refractivity contribution is 7.02. The first-order chi connectivity index (χ1) is 43.6. The minimum atomic E-state index is -0.244. The van der Waals surface area contributed by atoms with Crippen LogP contribution in [-0.2, 0) is 21.7 Å². The average molecular weight is 1170 g/mol. The van der Waals surface area contributed by atoms with Crippen LogP contribution in [0.1, 0.15) is 103 Å². The van der Waals surface area contributed by atoms with Gasteiger partial charge in [-0.3, -0.25) is 19.6 Å². The fourth-order valence-electron chi connectivity index (χ4n) is 15.9. The Bertz CT molecular complexity index is 4430. The van der Waals surface area contributed by atoms with E-state index in [1.807, 2.05) is 0 Å². The van der Waals surface area contributed by atoms with Crippen LogP contribution in [0.4, 0.5) is 68.8 Å². The Morgan fingerprint density at radius 2 is 0.689 bits per heavy atom. The molecule has 0 saturated carbocycles. The summed E-state index contributed by atoms with van der Waals surface area (Å²) >= 11 is 0. The summed E-state index contributed by atoms with van der Waals surface area (Å²) in [6.45, 7) is 18.7. The van der Waals surface area contributed by atoms with Gasteiger partial charge >= 0.3 is 0 Å². The summed E-state index contributed by atoms with van der Waals surface area (Å²) in [7, 11) is 0. The standard InChI is InChI=1S/C80H70B2N6O2/c1-77(2)41-43-79(5,6)59-45-55(37-39-57(59)77)85(51-25-13-9-14-26-51)71-49-69-73-75(83-71)87(53-29-17-11-18-30-53)65-35-23-21-33-61(65)81(73)63-47-64-68(48-67(63)89-69)90-70-50-72(84-76-74(70)82(64)62-34-22-24-36-66(62)88(76)54-31-19-12-20-32-54)86(52-27-15-10-16-28-52)56-38-40-58-60(46-56)80(7,8)44-42-78(58,3)4/h9-40,45-50H,41-44H2,1-8H3. The van der Waals surface area contributed by atoms with Gasteiger partial charge in [0.15, 0.2) is 0 Å². The van der Waals surface area contributed by atoms with Crippen molar-refractivity contribution in [3.8, 4) is 23.0 Å². The molecule has 8 nitrogen and oxygen atoms in total.